The van der Waals surface area contributed by atoms with Crippen molar-refractivity contribution in [3.63, 3.8) is 0 Å². The second kappa shape index (κ2) is 10.2. The van der Waals surface area contributed by atoms with Gasteiger partial charge in [0.15, 0.2) is 5.96 Å². The van der Waals surface area contributed by atoms with E-state index >= 15 is 0 Å². The van der Waals surface area contributed by atoms with Gasteiger partial charge in [0.2, 0.25) is 5.91 Å². The molecule has 1 aromatic carbocycles. The number of rotatable bonds is 7. The Balaban J connectivity index is 1.70. The van der Waals surface area contributed by atoms with Crippen LogP contribution in [0.1, 0.15) is 19.8 Å². The number of carbonyl (C=O) groups is 1. The van der Waals surface area contributed by atoms with Gasteiger partial charge in [-0.2, -0.15) is 0 Å². The van der Waals surface area contributed by atoms with Gasteiger partial charge in [-0.25, -0.2) is 0 Å². The number of amides is 1. The summed E-state index contributed by atoms with van der Waals surface area (Å²) in [6.45, 7) is 4.67. The van der Waals surface area contributed by atoms with Crippen molar-refractivity contribution in [1.29, 1.82) is 0 Å². The molecule has 2 rings (SSSR count). The zero-order chi connectivity index (χ0) is 18.9. The molecule has 7 nitrogen and oxygen atoms in total. The third-order valence-corrected chi connectivity index (χ3v) is 4.49. The first-order valence-corrected chi connectivity index (χ1v) is 9.24. The summed E-state index contributed by atoms with van der Waals surface area (Å²) in [5, 5.41) is 7.41. The van der Waals surface area contributed by atoms with E-state index in [0.717, 1.165) is 37.6 Å². The maximum atomic E-state index is 11.0. The third kappa shape index (κ3) is 7.09. The van der Waals surface area contributed by atoms with Gasteiger partial charge in [0.25, 0.3) is 0 Å². The number of nitrogens with zero attached hydrogens (tertiary/aromatic N) is 2. The Hall–Kier alpha value is -1.99. The normalized spacial score (nSPS) is 17.6. The summed E-state index contributed by atoms with van der Waals surface area (Å²) < 4.78 is 5.85. The summed E-state index contributed by atoms with van der Waals surface area (Å²) in [6.07, 6.45) is 1.88. The van der Waals surface area contributed by atoms with Crippen LogP contribution in [0.3, 0.4) is 0 Å². The number of nitrogens with two attached hydrogens (primary N) is 1. The quantitative estimate of drug-likeness (QED) is 0.488. The molecule has 0 aliphatic carbocycles. The molecule has 1 unspecified atom stereocenters. The van der Waals surface area contributed by atoms with Gasteiger partial charge in [0.1, 0.15) is 11.9 Å². The third-order valence-electron chi connectivity index (χ3n) is 4.24. The molecule has 1 saturated heterocycles. The number of hydrogen-bond donors (Lipinski definition) is 3. The molecule has 1 amide bonds. The minimum Gasteiger partial charge on any atom is -0.489 e. The molecule has 1 aliphatic heterocycles. The van der Waals surface area contributed by atoms with Crippen LogP contribution in [0, 0.1) is 0 Å². The van der Waals surface area contributed by atoms with E-state index in [0.29, 0.717) is 24.2 Å². The monoisotopic (exact) mass is 381 g/mol. The number of benzene rings is 1. The molecule has 1 atom stereocenters. The molecule has 144 valence electrons. The van der Waals surface area contributed by atoms with Gasteiger partial charge in [-0.05, 0) is 44.0 Å². The Morgan fingerprint density at radius 1 is 1.38 bits per heavy atom. The summed E-state index contributed by atoms with van der Waals surface area (Å²) >= 11 is 5.88. The van der Waals surface area contributed by atoms with Gasteiger partial charge in [0, 0.05) is 31.2 Å². The van der Waals surface area contributed by atoms with Crippen molar-refractivity contribution in [1.82, 2.24) is 15.5 Å². The summed E-state index contributed by atoms with van der Waals surface area (Å²) in [5.74, 6) is 1.27. The number of nitrogens with one attached hydrogen (secondary N) is 2. The molecule has 0 saturated carbocycles. The Kier molecular flexibility index (Phi) is 8.00. The smallest absolute Gasteiger partial charge is 0.231 e. The maximum Gasteiger partial charge on any atom is 0.231 e. The summed E-state index contributed by atoms with van der Waals surface area (Å²) in [5.41, 5.74) is 5.25. The highest BCUT2D eigenvalue weighted by atomic mass is 35.5. The Bertz CT molecular complexity index is 600. The maximum absolute atomic E-state index is 11.0. The Morgan fingerprint density at radius 2 is 2.04 bits per heavy atom. The lowest BCUT2D eigenvalue weighted by molar-refractivity contribution is -0.119. The van der Waals surface area contributed by atoms with Crippen LogP contribution in [-0.4, -0.2) is 62.1 Å². The van der Waals surface area contributed by atoms with Gasteiger partial charge in [-0.15, -0.1) is 0 Å². The minimum atomic E-state index is -0.274. The molecule has 1 aliphatic rings. The molecule has 1 fully saturated rings. The lowest BCUT2D eigenvalue weighted by Gasteiger charge is -2.32. The van der Waals surface area contributed by atoms with Gasteiger partial charge in [0.05, 0.1) is 13.1 Å². The van der Waals surface area contributed by atoms with Gasteiger partial charge in [-0.1, -0.05) is 11.6 Å². The first-order valence-electron chi connectivity index (χ1n) is 8.86. The summed E-state index contributed by atoms with van der Waals surface area (Å²) in [7, 11) is 1.75. The molecule has 1 aromatic rings. The van der Waals surface area contributed by atoms with Crippen LogP contribution in [0.2, 0.25) is 5.02 Å². The number of aliphatic imine (C=N–C) groups is 1. The second-order valence-electron chi connectivity index (χ2n) is 6.50. The van der Waals surface area contributed by atoms with E-state index < -0.39 is 0 Å². The van der Waals surface area contributed by atoms with E-state index in [2.05, 4.69) is 20.5 Å². The molecule has 0 spiro atoms. The van der Waals surface area contributed by atoms with Crippen LogP contribution < -0.4 is 21.1 Å². The van der Waals surface area contributed by atoms with E-state index in [-0.39, 0.29) is 12.0 Å². The van der Waals surface area contributed by atoms with Crippen LogP contribution in [0.15, 0.2) is 29.3 Å². The van der Waals surface area contributed by atoms with Crippen molar-refractivity contribution in [2.24, 2.45) is 10.7 Å². The topological polar surface area (TPSA) is 92.0 Å². The standard InChI is InChI=1S/C18H28ClN5O2/c1-13(26-16-5-3-14(19)4-6-16)11-22-18(21-2)23-15-7-9-24(10-8-15)12-17(20)25/h3-6,13,15H,7-12H2,1-2H3,(H2,20,25)(H2,21,22,23). The van der Waals surface area contributed by atoms with Crippen LogP contribution in [0.5, 0.6) is 5.75 Å². The van der Waals surface area contributed by atoms with Crippen LogP contribution in [0.25, 0.3) is 0 Å². The SMILES string of the molecule is CN=C(NCC(C)Oc1ccc(Cl)cc1)NC1CCN(CC(N)=O)CC1. The number of likely N-dealkylation sites (tertiary alicyclic amines) is 1. The van der Waals surface area contributed by atoms with E-state index in [9.17, 15) is 4.79 Å². The van der Waals surface area contributed by atoms with Gasteiger partial charge in [-0.3, -0.25) is 14.7 Å². The lowest BCUT2D eigenvalue weighted by Crippen LogP contribution is -2.50. The molecular weight excluding hydrogens is 354 g/mol. The zero-order valence-corrected chi connectivity index (χ0v) is 16.1. The fourth-order valence-corrected chi connectivity index (χ4v) is 3.00. The van der Waals surface area contributed by atoms with E-state index in [4.69, 9.17) is 22.1 Å². The predicted molar refractivity (Wildman–Crippen MR) is 105 cm³/mol. The van der Waals surface area contributed by atoms with Gasteiger partial charge < -0.3 is 21.1 Å². The zero-order valence-electron chi connectivity index (χ0n) is 15.4. The first kappa shape index (κ1) is 20.3. The molecule has 8 heteroatoms. The van der Waals surface area contributed by atoms with Crippen molar-refractivity contribution in [2.45, 2.75) is 31.9 Å². The van der Waals surface area contributed by atoms with Crippen molar-refractivity contribution >= 4 is 23.5 Å². The highest BCUT2D eigenvalue weighted by Gasteiger charge is 2.21. The van der Waals surface area contributed by atoms with E-state index in [1.54, 1.807) is 7.05 Å². The number of halogens is 1. The molecule has 1 heterocycles. The Morgan fingerprint density at radius 3 is 2.62 bits per heavy atom. The largest absolute Gasteiger partial charge is 0.489 e. The number of hydrogen-bond acceptors (Lipinski definition) is 4. The highest BCUT2D eigenvalue weighted by molar-refractivity contribution is 6.30. The van der Waals surface area contributed by atoms with E-state index in [1.165, 1.54) is 0 Å². The molecular formula is C18H28ClN5O2. The highest BCUT2D eigenvalue weighted by Crippen LogP contribution is 2.16. The minimum absolute atomic E-state index is 0.0212. The van der Waals surface area contributed by atoms with E-state index in [1.807, 2.05) is 31.2 Å². The average molecular weight is 382 g/mol. The number of carbonyl (C=O) groups excluding carboxylic acids is 1. The fraction of sp³-hybridized carbons (Fsp3) is 0.556. The first-order chi connectivity index (χ1) is 12.5. The molecule has 26 heavy (non-hydrogen) atoms. The number of piperidine rings is 1. The molecule has 0 radical (unpaired) electrons. The lowest BCUT2D eigenvalue weighted by atomic mass is 10.1. The molecule has 4 N–H and O–H groups in total. The summed E-state index contributed by atoms with van der Waals surface area (Å²) in [6, 6.07) is 7.65. The number of primary amides is 1. The van der Waals surface area contributed by atoms with Crippen LogP contribution in [-0.2, 0) is 4.79 Å². The number of ether oxygens (including phenoxy) is 1. The van der Waals surface area contributed by atoms with Crippen molar-refractivity contribution in [3.8, 4) is 5.75 Å². The molecule has 0 aromatic heterocycles. The van der Waals surface area contributed by atoms with Crippen molar-refractivity contribution in [3.05, 3.63) is 29.3 Å². The van der Waals surface area contributed by atoms with Gasteiger partial charge >= 0.3 is 0 Å². The Labute approximate surface area is 159 Å². The molecule has 0 bridgehead atoms. The van der Waals surface area contributed by atoms with Crippen LogP contribution >= 0.6 is 11.6 Å². The fourth-order valence-electron chi connectivity index (χ4n) is 2.87. The number of guanidine groups is 1. The van der Waals surface area contributed by atoms with Crippen LogP contribution in [0.4, 0.5) is 0 Å². The van der Waals surface area contributed by atoms with Crippen molar-refractivity contribution in [2.75, 3.05) is 33.2 Å². The second-order valence-corrected chi connectivity index (χ2v) is 6.93. The predicted octanol–water partition coefficient (Wildman–Crippen LogP) is 1.22. The average Bonchev–Trinajstić information content (AvgIpc) is 2.61. The summed E-state index contributed by atoms with van der Waals surface area (Å²) in [4.78, 5) is 17.3. The van der Waals surface area contributed by atoms with Crippen molar-refractivity contribution < 1.29 is 9.53 Å².